The first-order chi connectivity index (χ1) is 8.85. The minimum absolute atomic E-state index is 0.107. The van der Waals surface area contributed by atoms with Gasteiger partial charge in [-0.2, -0.15) is 0 Å². The number of nitrogens with zero attached hydrogens (tertiary/aromatic N) is 1. The van der Waals surface area contributed by atoms with Crippen molar-refractivity contribution in [3.8, 4) is 0 Å². The summed E-state index contributed by atoms with van der Waals surface area (Å²) >= 11 is 0. The van der Waals surface area contributed by atoms with Crippen LogP contribution in [0, 0.1) is 0 Å². The first kappa shape index (κ1) is 17.8. The van der Waals surface area contributed by atoms with Crippen LogP contribution in [0.15, 0.2) is 0 Å². The van der Waals surface area contributed by atoms with Gasteiger partial charge >= 0.3 is 5.97 Å². The number of nitrogens with one attached hydrogen (secondary N) is 2. The number of carbonyl (C=O) groups is 2. The van der Waals surface area contributed by atoms with Crippen LogP contribution < -0.4 is 16.5 Å². The second kappa shape index (κ2) is 9.68. The lowest BCUT2D eigenvalue weighted by molar-refractivity contribution is -0.139. The van der Waals surface area contributed by atoms with Gasteiger partial charge in [0.05, 0.1) is 12.5 Å². The summed E-state index contributed by atoms with van der Waals surface area (Å²) in [7, 11) is 1.44. The monoisotopic (exact) mass is 276 g/mol. The topological polar surface area (TPSA) is 128 Å². The normalized spacial score (nSPS) is 14.2. The Labute approximate surface area is 112 Å². The minimum atomic E-state index is -1.05. The summed E-state index contributed by atoms with van der Waals surface area (Å²) in [4.78, 5) is 21.9. The van der Waals surface area contributed by atoms with E-state index in [1.807, 2.05) is 6.92 Å². The van der Waals surface area contributed by atoms with Gasteiger partial charge in [0.2, 0.25) is 5.91 Å². The number of aliphatic hydroxyl groups is 1. The predicted octanol–water partition coefficient (Wildman–Crippen LogP) is -1.89. The Balaban J connectivity index is 3.88. The summed E-state index contributed by atoms with van der Waals surface area (Å²) in [5.74, 6) is -1.48. The van der Waals surface area contributed by atoms with Gasteiger partial charge in [0.1, 0.15) is 6.54 Å². The van der Waals surface area contributed by atoms with E-state index in [9.17, 15) is 14.7 Å². The van der Waals surface area contributed by atoms with E-state index in [-0.39, 0.29) is 19.0 Å². The number of aliphatic hydroxyl groups excluding tert-OH is 1. The van der Waals surface area contributed by atoms with Crippen molar-refractivity contribution in [2.45, 2.75) is 31.9 Å². The van der Waals surface area contributed by atoms with E-state index in [1.54, 1.807) is 0 Å². The van der Waals surface area contributed by atoms with E-state index in [4.69, 9.17) is 10.8 Å². The maximum Gasteiger partial charge on any atom is 0.319 e. The number of hydrazine groups is 1. The van der Waals surface area contributed by atoms with Gasteiger partial charge in [-0.3, -0.25) is 15.0 Å². The molecule has 0 saturated carbocycles. The maximum atomic E-state index is 11.5. The van der Waals surface area contributed by atoms with Crippen LogP contribution in [0.3, 0.4) is 0 Å². The van der Waals surface area contributed by atoms with E-state index >= 15 is 0 Å². The first-order valence-corrected chi connectivity index (χ1v) is 6.21. The second-order valence-corrected chi connectivity index (χ2v) is 4.45. The molecule has 19 heavy (non-hydrogen) atoms. The molecule has 0 saturated heterocycles. The van der Waals surface area contributed by atoms with Gasteiger partial charge in [-0.05, 0) is 13.0 Å². The number of aliphatic carboxylic acids is 1. The molecule has 0 unspecified atom stereocenters. The van der Waals surface area contributed by atoms with Gasteiger partial charge in [0, 0.05) is 19.6 Å². The summed E-state index contributed by atoms with van der Waals surface area (Å²) in [6.07, 6.45) is -0.640. The third kappa shape index (κ3) is 10.4. The number of rotatable bonds is 10. The zero-order valence-electron chi connectivity index (χ0n) is 11.4. The maximum absolute atomic E-state index is 11.5. The summed E-state index contributed by atoms with van der Waals surface area (Å²) in [5, 5.41) is 22.4. The van der Waals surface area contributed by atoms with Crippen LogP contribution in [0.25, 0.3) is 0 Å². The Morgan fingerprint density at radius 1 is 1.42 bits per heavy atom. The molecule has 8 heteroatoms. The lowest BCUT2D eigenvalue weighted by atomic mass is 10.1. The fourth-order valence-corrected chi connectivity index (χ4v) is 1.56. The van der Waals surface area contributed by atoms with Crippen LogP contribution in [-0.2, 0) is 9.59 Å². The molecule has 0 spiro atoms. The molecule has 0 fully saturated rings. The van der Waals surface area contributed by atoms with Gasteiger partial charge in [0.15, 0.2) is 0 Å². The van der Waals surface area contributed by atoms with Gasteiger partial charge in [0.25, 0.3) is 0 Å². The van der Waals surface area contributed by atoms with Crippen molar-refractivity contribution in [1.82, 2.24) is 15.8 Å². The first-order valence-electron chi connectivity index (χ1n) is 6.21. The molecule has 1 amide bonds. The SMILES string of the molecule is CCNC[C@H](N)C[C@@H](O)CC(=O)NN(C)CC(=O)O. The van der Waals surface area contributed by atoms with Gasteiger partial charge in [-0.15, -0.1) is 0 Å². The van der Waals surface area contributed by atoms with Gasteiger partial charge in [-0.1, -0.05) is 6.92 Å². The van der Waals surface area contributed by atoms with Crippen molar-refractivity contribution in [2.75, 3.05) is 26.7 Å². The number of hydrogen-bond donors (Lipinski definition) is 5. The Kier molecular flexibility index (Phi) is 9.06. The highest BCUT2D eigenvalue weighted by molar-refractivity contribution is 5.76. The molecule has 0 aliphatic carbocycles. The zero-order chi connectivity index (χ0) is 14.8. The zero-order valence-corrected chi connectivity index (χ0v) is 11.4. The van der Waals surface area contributed by atoms with E-state index in [2.05, 4.69) is 10.7 Å². The largest absolute Gasteiger partial charge is 0.480 e. The van der Waals surface area contributed by atoms with Crippen molar-refractivity contribution in [1.29, 1.82) is 0 Å². The summed E-state index contributed by atoms with van der Waals surface area (Å²) in [6.45, 7) is 3.02. The predicted molar refractivity (Wildman–Crippen MR) is 70.2 cm³/mol. The van der Waals surface area contributed by atoms with Crippen molar-refractivity contribution in [2.24, 2.45) is 5.73 Å². The molecule has 0 aromatic carbocycles. The summed E-state index contributed by atoms with van der Waals surface area (Å²) in [5.41, 5.74) is 8.12. The lowest BCUT2D eigenvalue weighted by Gasteiger charge is -2.19. The number of carboxylic acid groups (broad SMARTS) is 1. The van der Waals surface area contributed by atoms with Crippen molar-refractivity contribution in [3.05, 3.63) is 0 Å². The molecule has 0 radical (unpaired) electrons. The summed E-state index contributed by atoms with van der Waals surface area (Å²) in [6, 6.07) is -0.223. The molecule has 0 aliphatic heterocycles. The number of likely N-dealkylation sites (N-methyl/N-ethyl adjacent to an activating group) is 2. The number of carbonyl (C=O) groups excluding carboxylic acids is 1. The number of hydrogen-bond acceptors (Lipinski definition) is 6. The number of amides is 1. The quantitative estimate of drug-likeness (QED) is 0.295. The lowest BCUT2D eigenvalue weighted by Crippen LogP contribution is -2.44. The Hall–Kier alpha value is -1.22. The molecular formula is C11H24N4O4. The second-order valence-electron chi connectivity index (χ2n) is 4.45. The fraction of sp³-hybridized carbons (Fsp3) is 0.818. The van der Waals surface area contributed by atoms with Crippen LogP contribution in [-0.4, -0.2) is 65.9 Å². The number of nitrogens with two attached hydrogens (primary N) is 1. The fourth-order valence-electron chi connectivity index (χ4n) is 1.56. The average molecular weight is 276 g/mol. The van der Waals surface area contributed by atoms with Gasteiger partial charge in [-0.25, -0.2) is 5.01 Å². The van der Waals surface area contributed by atoms with E-state index < -0.39 is 18.0 Å². The molecule has 8 nitrogen and oxygen atoms in total. The molecule has 0 aliphatic rings. The summed E-state index contributed by atoms with van der Waals surface area (Å²) < 4.78 is 0. The Morgan fingerprint density at radius 2 is 2.05 bits per heavy atom. The minimum Gasteiger partial charge on any atom is -0.480 e. The van der Waals surface area contributed by atoms with Crippen molar-refractivity contribution < 1.29 is 19.8 Å². The highest BCUT2D eigenvalue weighted by Crippen LogP contribution is 2.01. The molecule has 6 N–H and O–H groups in total. The molecule has 0 bridgehead atoms. The molecular weight excluding hydrogens is 252 g/mol. The number of carboxylic acids is 1. The highest BCUT2D eigenvalue weighted by atomic mass is 16.4. The van der Waals surface area contributed by atoms with E-state index in [0.29, 0.717) is 13.0 Å². The Morgan fingerprint density at radius 3 is 2.58 bits per heavy atom. The third-order valence-electron chi connectivity index (χ3n) is 2.34. The van der Waals surface area contributed by atoms with Crippen molar-refractivity contribution >= 4 is 11.9 Å². The molecule has 0 rings (SSSR count). The van der Waals surface area contributed by atoms with Crippen LogP contribution >= 0.6 is 0 Å². The average Bonchev–Trinajstić information content (AvgIpc) is 2.24. The van der Waals surface area contributed by atoms with Crippen LogP contribution in [0.2, 0.25) is 0 Å². The molecule has 0 heterocycles. The standard InChI is InChI=1S/C11H24N4O4/c1-3-13-6-8(12)4-9(16)5-10(17)14-15(2)7-11(18)19/h8-9,13,16H,3-7,12H2,1-2H3,(H,14,17)(H,18,19)/t8-,9-/m1/s1. The van der Waals surface area contributed by atoms with E-state index in [1.165, 1.54) is 7.05 Å². The van der Waals surface area contributed by atoms with Gasteiger partial charge < -0.3 is 21.3 Å². The van der Waals surface area contributed by atoms with Crippen LogP contribution in [0.5, 0.6) is 0 Å². The molecule has 112 valence electrons. The van der Waals surface area contributed by atoms with Crippen LogP contribution in [0.4, 0.5) is 0 Å². The smallest absolute Gasteiger partial charge is 0.319 e. The third-order valence-corrected chi connectivity index (χ3v) is 2.34. The van der Waals surface area contributed by atoms with Crippen LogP contribution in [0.1, 0.15) is 19.8 Å². The highest BCUT2D eigenvalue weighted by Gasteiger charge is 2.16. The Bertz CT molecular complexity index is 288. The van der Waals surface area contributed by atoms with Crippen molar-refractivity contribution in [3.63, 3.8) is 0 Å². The molecule has 2 atom stereocenters. The van der Waals surface area contributed by atoms with E-state index in [0.717, 1.165) is 11.6 Å². The molecule has 0 aromatic rings. The molecule has 0 aromatic heterocycles.